The Labute approximate surface area is 85.3 Å². The maximum atomic E-state index is 13.6. The molecule has 1 aromatic rings. The quantitative estimate of drug-likeness (QED) is 0.827. The average molecular weight is 279 g/mol. The van der Waals surface area contributed by atoms with E-state index in [1.807, 2.05) is 12.1 Å². The first-order valence-electron chi connectivity index (χ1n) is 3.71. The first-order chi connectivity index (χ1) is 5.56. The van der Waals surface area contributed by atoms with Crippen LogP contribution in [0, 0.1) is 3.57 Å². The highest BCUT2D eigenvalue weighted by atomic mass is 127. The molecule has 0 radical (unpaired) electrons. The zero-order valence-electron chi connectivity index (χ0n) is 6.85. The van der Waals surface area contributed by atoms with Crippen LogP contribution in [0.25, 0.3) is 0 Å². The lowest BCUT2D eigenvalue weighted by Crippen LogP contribution is -2.26. The van der Waals surface area contributed by atoms with Crippen molar-refractivity contribution in [2.75, 3.05) is 6.54 Å². The van der Waals surface area contributed by atoms with Crippen molar-refractivity contribution < 1.29 is 4.39 Å². The summed E-state index contributed by atoms with van der Waals surface area (Å²) in [5, 5.41) is 0. The third kappa shape index (κ3) is 2.17. The van der Waals surface area contributed by atoms with Gasteiger partial charge < -0.3 is 5.73 Å². The molecule has 12 heavy (non-hydrogen) atoms. The highest BCUT2D eigenvalue weighted by molar-refractivity contribution is 14.1. The second-order valence-corrected chi connectivity index (χ2v) is 4.15. The SMILES string of the molecule is CC(F)(CN)c1ccc(I)cc1. The Morgan fingerprint density at radius 2 is 1.92 bits per heavy atom. The first kappa shape index (κ1) is 9.92. The van der Waals surface area contributed by atoms with Gasteiger partial charge in [-0.05, 0) is 47.2 Å². The van der Waals surface area contributed by atoms with Crippen LogP contribution in [0.4, 0.5) is 4.39 Å². The molecule has 1 rings (SSSR count). The van der Waals surface area contributed by atoms with Crippen LogP contribution in [0.3, 0.4) is 0 Å². The molecule has 0 saturated heterocycles. The number of nitrogens with two attached hydrogens (primary N) is 1. The van der Waals surface area contributed by atoms with Gasteiger partial charge in [-0.3, -0.25) is 0 Å². The Hall–Kier alpha value is -0.160. The van der Waals surface area contributed by atoms with Gasteiger partial charge in [-0.25, -0.2) is 4.39 Å². The fraction of sp³-hybridized carbons (Fsp3) is 0.333. The first-order valence-corrected chi connectivity index (χ1v) is 4.79. The predicted octanol–water partition coefficient (Wildman–Crippen LogP) is 2.43. The fourth-order valence-electron chi connectivity index (χ4n) is 0.915. The largest absolute Gasteiger partial charge is 0.327 e. The van der Waals surface area contributed by atoms with Crippen molar-refractivity contribution in [3.8, 4) is 0 Å². The van der Waals surface area contributed by atoms with Crippen molar-refractivity contribution in [1.29, 1.82) is 0 Å². The second-order valence-electron chi connectivity index (χ2n) is 2.91. The van der Waals surface area contributed by atoms with Gasteiger partial charge in [0.25, 0.3) is 0 Å². The molecule has 0 fully saturated rings. The Bertz CT molecular complexity index is 256. The zero-order valence-corrected chi connectivity index (χ0v) is 9.01. The van der Waals surface area contributed by atoms with Gasteiger partial charge in [-0.1, -0.05) is 12.1 Å². The van der Waals surface area contributed by atoms with Crippen LogP contribution in [0.2, 0.25) is 0 Å². The van der Waals surface area contributed by atoms with Crippen LogP contribution >= 0.6 is 22.6 Å². The summed E-state index contributed by atoms with van der Waals surface area (Å²) < 4.78 is 14.7. The van der Waals surface area contributed by atoms with E-state index in [-0.39, 0.29) is 6.54 Å². The number of benzene rings is 1. The van der Waals surface area contributed by atoms with Gasteiger partial charge in [0.2, 0.25) is 0 Å². The Balaban J connectivity index is 2.96. The molecule has 1 atom stereocenters. The van der Waals surface area contributed by atoms with Gasteiger partial charge in [0.15, 0.2) is 0 Å². The topological polar surface area (TPSA) is 26.0 Å². The molecule has 0 heterocycles. The molecule has 1 unspecified atom stereocenters. The standard InChI is InChI=1S/C9H11FIN/c1-9(10,6-12)7-2-4-8(11)5-3-7/h2-5H,6,12H2,1H3. The Kier molecular flexibility index (Phi) is 3.06. The molecule has 0 aliphatic rings. The van der Waals surface area contributed by atoms with Crippen molar-refractivity contribution >= 4 is 22.6 Å². The third-order valence-corrected chi connectivity index (χ3v) is 2.55. The minimum absolute atomic E-state index is 0.0214. The lowest BCUT2D eigenvalue weighted by atomic mass is 9.98. The van der Waals surface area contributed by atoms with Crippen LogP contribution in [0.1, 0.15) is 12.5 Å². The summed E-state index contributed by atoms with van der Waals surface area (Å²) in [6, 6.07) is 7.30. The molecule has 1 aromatic carbocycles. The third-order valence-electron chi connectivity index (χ3n) is 1.83. The van der Waals surface area contributed by atoms with E-state index in [0.29, 0.717) is 5.56 Å². The number of hydrogen-bond acceptors (Lipinski definition) is 1. The molecule has 0 saturated carbocycles. The van der Waals surface area contributed by atoms with Crippen molar-refractivity contribution in [2.45, 2.75) is 12.6 Å². The van der Waals surface area contributed by atoms with Crippen molar-refractivity contribution in [2.24, 2.45) is 5.73 Å². The maximum absolute atomic E-state index is 13.6. The van der Waals surface area contributed by atoms with Gasteiger partial charge in [-0.15, -0.1) is 0 Å². The Morgan fingerprint density at radius 3 is 2.33 bits per heavy atom. The lowest BCUT2D eigenvalue weighted by molar-refractivity contribution is 0.203. The fourth-order valence-corrected chi connectivity index (χ4v) is 1.27. The summed E-state index contributed by atoms with van der Waals surface area (Å²) in [5.74, 6) is 0. The molecule has 1 nitrogen and oxygen atoms in total. The smallest absolute Gasteiger partial charge is 0.145 e. The van der Waals surface area contributed by atoms with Gasteiger partial charge in [0.05, 0.1) is 0 Å². The normalized spacial score (nSPS) is 15.7. The van der Waals surface area contributed by atoms with E-state index < -0.39 is 5.67 Å². The molecule has 0 bridgehead atoms. The minimum atomic E-state index is -1.40. The van der Waals surface area contributed by atoms with Crippen molar-refractivity contribution in [3.05, 3.63) is 33.4 Å². The van der Waals surface area contributed by atoms with Crippen molar-refractivity contribution in [1.82, 2.24) is 0 Å². The summed E-state index contributed by atoms with van der Waals surface area (Å²) >= 11 is 2.18. The average Bonchev–Trinajstić information content (AvgIpc) is 2.05. The van der Waals surface area contributed by atoms with Gasteiger partial charge in [0, 0.05) is 10.1 Å². The highest BCUT2D eigenvalue weighted by Gasteiger charge is 2.22. The molecule has 0 aliphatic carbocycles. The molecule has 3 heteroatoms. The molecule has 0 aliphatic heterocycles. The highest BCUT2D eigenvalue weighted by Crippen LogP contribution is 2.24. The summed E-state index contributed by atoms with van der Waals surface area (Å²) in [5.41, 5.74) is 4.54. The molecule has 0 spiro atoms. The maximum Gasteiger partial charge on any atom is 0.145 e. The van der Waals surface area contributed by atoms with Gasteiger partial charge >= 0.3 is 0 Å². The van der Waals surface area contributed by atoms with Crippen LogP contribution in [0.15, 0.2) is 24.3 Å². The van der Waals surface area contributed by atoms with E-state index in [0.717, 1.165) is 3.57 Å². The van der Waals surface area contributed by atoms with Crippen LogP contribution in [0.5, 0.6) is 0 Å². The summed E-state index contributed by atoms with van der Waals surface area (Å²) in [4.78, 5) is 0. The van der Waals surface area contributed by atoms with E-state index in [9.17, 15) is 4.39 Å². The molecular formula is C9H11FIN. The Morgan fingerprint density at radius 1 is 1.42 bits per heavy atom. The predicted molar refractivity (Wildman–Crippen MR) is 56.7 cm³/mol. The zero-order chi connectivity index (χ0) is 9.19. The van der Waals surface area contributed by atoms with Crippen molar-refractivity contribution in [3.63, 3.8) is 0 Å². The minimum Gasteiger partial charge on any atom is -0.327 e. The molecule has 66 valence electrons. The summed E-state index contributed by atoms with van der Waals surface area (Å²) in [7, 11) is 0. The number of hydrogen-bond donors (Lipinski definition) is 1. The van der Waals surface area contributed by atoms with E-state index in [1.54, 1.807) is 12.1 Å². The molecular weight excluding hydrogens is 268 g/mol. The van der Waals surface area contributed by atoms with Gasteiger partial charge in [0.1, 0.15) is 5.67 Å². The number of alkyl halides is 1. The van der Waals surface area contributed by atoms with E-state index in [1.165, 1.54) is 6.92 Å². The number of halogens is 2. The monoisotopic (exact) mass is 279 g/mol. The molecule has 0 aromatic heterocycles. The van der Waals surface area contributed by atoms with Crippen LogP contribution in [-0.2, 0) is 5.67 Å². The summed E-state index contributed by atoms with van der Waals surface area (Å²) in [6.45, 7) is 1.52. The lowest BCUT2D eigenvalue weighted by Gasteiger charge is -2.18. The second kappa shape index (κ2) is 3.70. The van der Waals surface area contributed by atoms with Crippen LogP contribution < -0.4 is 5.73 Å². The number of rotatable bonds is 2. The van der Waals surface area contributed by atoms with Crippen LogP contribution in [-0.4, -0.2) is 6.54 Å². The van der Waals surface area contributed by atoms with E-state index in [2.05, 4.69) is 22.6 Å². The summed E-state index contributed by atoms with van der Waals surface area (Å²) in [6.07, 6.45) is 0. The van der Waals surface area contributed by atoms with Gasteiger partial charge in [-0.2, -0.15) is 0 Å². The van der Waals surface area contributed by atoms with E-state index in [4.69, 9.17) is 5.73 Å². The molecule has 2 N–H and O–H groups in total. The molecule has 0 amide bonds. The van der Waals surface area contributed by atoms with E-state index >= 15 is 0 Å².